The van der Waals surface area contributed by atoms with E-state index in [0.717, 1.165) is 88.2 Å². The summed E-state index contributed by atoms with van der Waals surface area (Å²) >= 11 is 0. The van der Waals surface area contributed by atoms with Crippen molar-refractivity contribution in [3.63, 3.8) is 0 Å². The van der Waals surface area contributed by atoms with Gasteiger partial charge in [0.25, 0.3) is 0 Å². The van der Waals surface area contributed by atoms with E-state index in [1.165, 1.54) is 21.9 Å². The number of aromatic nitrogens is 3. The molecule has 0 aliphatic heterocycles. The summed E-state index contributed by atoms with van der Waals surface area (Å²) in [4.78, 5) is 10.5. The number of fused-ring (bicyclic) bond motifs is 6. The van der Waals surface area contributed by atoms with Crippen molar-refractivity contribution in [2.45, 2.75) is 0 Å². The maximum Gasteiger partial charge on any atom is 0.160 e. The Morgan fingerprint density at radius 1 is 0.349 bits per heavy atom. The van der Waals surface area contributed by atoms with E-state index < -0.39 is 0 Å². The first kappa shape index (κ1) is 36.2. The summed E-state index contributed by atoms with van der Waals surface area (Å²) in [5.74, 6) is 0.562. The topological polar surface area (TPSA) is 54.5 Å². The quantitative estimate of drug-likeness (QED) is 0.168. The van der Waals surface area contributed by atoms with Gasteiger partial charge in [0, 0.05) is 27.3 Å². The van der Waals surface area contributed by atoms with Crippen molar-refractivity contribution in [2.75, 3.05) is 0 Å². The summed E-state index contributed by atoms with van der Waals surface area (Å²) in [6.07, 6.45) is 0. The Balaban J connectivity index is 1.01. The van der Waals surface area contributed by atoms with Crippen molar-refractivity contribution in [1.29, 1.82) is 5.26 Å². The van der Waals surface area contributed by atoms with E-state index >= 15 is 0 Å². The molecule has 10 aromatic carbocycles. The maximum absolute atomic E-state index is 10.9. The van der Waals surface area contributed by atoms with Gasteiger partial charge in [-0.25, -0.2) is 9.97 Å². The minimum Gasteiger partial charge on any atom is -0.308 e. The lowest BCUT2D eigenvalue weighted by Crippen LogP contribution is -2.00. The normalized spacial score (nSPS) is 11.5. The molecule has 0 atom stereocenters. The first-order valence-electron chi connectivity index (χ1n) is 21.2. The van der Waals surface area contributed by atoms with Gasteiger partial charge in [-0.1, -0.05) is 164 Å². The molecule has 0 aliphatic carbocycles. The van der Waals surface area contributed by atoms with Crippen molar-refractivity contribution < 1.29 is 0 Å². The van der Waals surface area contributed by atoms with Crippen molar-refractivity contribution in [3.05, 3.63) is 224 Å². The highest BCUT2D eigenvalue weighted by Crippen LogP contribution is 2.40. The van der Waals surface area contributed by atoms with Crippen LogP contribution in [0, 0.1) is 11.3 Å². The Morgan fingerprint density at radius 3 is 1.33 bits per heavy atom. The van der Waals surface area contributed by atoms with Crippen LogP contribution in [0.25, 0.3) is 116 Å². The summed E-state index contributed by atoms with van der Waals surface area (Å²) in [6.45, 7) is 0. The number of nitrogens with zero attached hydrogens (tertiary/aromatic N) is 4. The molecule has 0 amide bonds. The second kappa shape index (κ2) is 14.8. The van der Waals surface area contributed by atoms with Crippen LogP contribution in [0.15, 0.2) is 218 Å². The molecule has 0 spiro atoms. The van der Waals surface area contributed by atoms with Gasteiger partial charge in [-0.3, -0.25) is 0 Å². The summed E-state index contributed by atoms with van der Waals surface area (Å²) in [5, 5.41) is 18.8. The van der Waals surface area contributed by atoms with Crippen LogP contribution in [-0.2, 0) is 0 Å². The van der Waals surface area contributed by atoms with Crippen molar-refractivity contribution in [3.8, 4) is 67.8 Å². The van der Waals surface area contributed by atoms with Gasteiger partial charge in [0.1, 0.15) is 6.07 Å². The second-order valence-electron chi connectivity index (χ2n) is 16.1. The van der Waals surface area contributed by atoms with Crippen LogP contribution in [-0.4, -0.2) is 14.5 Å². The average Bonchev–Trinajstić information content (AvgIpc) is 3.66. The molecular weight excluding hydrogens is 765 g/mol. The van der Waals surface area contributed by atoms with Crippen LogP contribution >= 0.6 is 0 Å². The van der Waals surface area contributed by atoms with Crippen LogP contribution in [0.2, 0.25) is 0 Å². The second-order valence-corrected chi connectivity index (χ2v) is 16.1. The van der Waals surface area contributed by atoms with Crippen molar-refractivity contribution >= 4 is 54.3 Å². The first-order chi connectivity index (χ1) is 31.1. The predicted octanol–water partition coefficient (Wildman–Crippen LogP) is 15.2. The van der Waals surface area contributed by atoms with Gasteiger partial charge in [-0.15, -0.1) is 0 Å². The Hall–Kier alpha value is -8.65. The van der Waals surface area contributed by atoms with Gasteiger partial charge in [0.2, 0.25) is 0 Å². The van der Waals surface area contributed by atoms with Gasteiger partial charge in [-0.2, -0.15) is 5.26 Å². The fourth-order valence-electron chi connectivity index (χ4n) is 9.20. The van der Waals surface area contributed by atoms with E-state index in [9.17, 15) is 5.26 Å². The summed E-state index contributed by atoms with van der Waals surface area (Å²) in [5.41, 5.74) is 13.7. The number of hydrogen-bond donors (Lipinski definition) is 0. The third-order valence-corrected chi connectivity index (χ3v) is 12.4. The van der Waals surface area contributed by atoms with Crippen LogP contribution in [0.4, 0.5) is 0 Å². The van der Waals surface area contributed by atoms with Crippen LogP contribution in [0.1, 0.15) is 5.56 Å². The molecule has 0 saturated heterocycles. The maximum atomic E-state index is 10.9. The SMILES string of the molecule is N#Cc1cc(-c2nc(-c3ccc(-c4ccccc4)cc3)c3cc(-c4ccc(-c5ccccc5)cc4)ccc3n2)ccc1-n1c2cc3ccccc3cc2c2cc3ccccc3cc21. The lowest BCUT2D eigenvalue weighted by Gasteiger charge is -2.14. The van der Waals surface area contributed by atoms with Crippen molar-refractivity contribution in [1.82, 2.24) is 14.5 Å². The average molecular weight is 801 g/mol. The first-order valence-corrected chi connectivity index (χ1v) is 21.2. The smallest absolute Gasteiger partial charge is 0.160 e. The minimum absolute atomic E-state index is 0.541. The third kappa shape index (κ3) is 6.31. The van der Waals surface area contributed by atoms with Gasteiger partial charge in [-0.05, 0) is 110 Å². The van der Waals surface area contributed by atoms with E-state index in [1.807, 2.05) is 18.2 Å². The Kier molecular flexibility index (Phi) is 8.52. The molecule has 12 rings (SSSR count). The predicted molar refractivity (Wildman–Crippen MR) is 261 cm³/mol. The molecule has 0 bridgehead atoms. The highest BCUT2D eigenvalue weighted by atomic mass is 15.0. The highest BCUT2D eigenvalue weighted by molar-refractivity contribution is 6.17. The zero-order chi connectivity index (χ0) is 41.9. The zero-order valence-corrected chi connectivity index (χ0v) is 34.1. The Labute approximate surface area is 364 Å². The van der Waals surface area contributed by atoms with E-state index in [0.29, 0.717) is 11.4 Å². The number of nitriles is 1. The zero-order valence-electron chi connectivity index (χ0n) is 34.1. The van der Waals surface area contributed by atoms with Gasteiger partial charge >= 0.3 is 0 Å². The Morgan fingerprint density at radius 2 is 0.794 bits per heavy atom. The van der Waals surface area contributed by atoms with E-state index in [-0.39, 0.29) is 0 Å². The standard InChI is InChI=1S/C59H36N4/c60-37-50-31-49(28-30-55(50)63-56-35-46-17-9-7-15-44(46)32-51(56)52-33-45-16-8-10-18-47(45)36-57(52)63)59-61-54-29-27-48(42-21-19-40(20-22-42)38-11-3-1-4-12-38)34-53(54)58(62-59)43-25-23-41(24-26-43)39-13-5-2-6-14-39/h1-36H. The summed E-state index contributed by atoms with van der Waals surface area (Å²) < 4.78 is 2.25. The van der Waals surface area contributed by atoms with Crippen LogP contribution in [0.3, 0.4) is 0 Å². The number of hydrogen-bond acceptors (Lipinski definition) is 3. The minimum atomic E-state index is 0.541. The monoisotopic (exact) mass is 800 g/mol. The summed E-state index contributed by atoms with van der Waals surface area (Å²) in [7, 11) is 0. The van der Waals surface area contributed by atoms with Crippen LogP contribution in [0.5, 0.6) is 0 Å². The molecule has 292 valence electrons. The molecule has 0 aliphatic rings. The molecule has 2 heterocycles. The third-order valence-electron chi connectivity index (χ3n) is 12.4. The molecular formula is C59H36N4. The number of rotatable bonds is 6. The van der Waals surface area contributed by atoms with E-state index in [2.05, 4.69) is 211 Å². The molecule has 0 unspecified atom stereocenters. The number of benzene rings is 10. The van der Waals surface area contributed by atoms with Crippen molar-refractivity contribution in [2.24, 2.45) is 0 Å². The molecule has 4 heteroatoms. The van der Waals surface area contributed by atoms with Gasteiger partial charge in [0.05, 0.1) is 33.5 Å². The van der Waals surface area contributed by atoms with E-state index in [4.69, 9.17) is 9.97 Å². The molecule has 0 radical (unpaired) electrons. The molecule has 0 fully saturated rings. The van der Waals surface area contributed by atoms with Crippen LogP contribution < -0.4 is 0 Å². The highest BCUT2D eigenvalue weighted by Gasteiger charge is 2.19. The molecule has 0 N–H and O–H groups in total. The lowest BCUT2D eigenvalue weighted by atomic mass is 9.97. The molecule has 4 nitrogen and oxygen atoms in total. The lowest BCUT2D eigenvalue weighted by molar-refractivity contribution is 1.16. The Bertz CT molecular complexity index is 3680. The van der Waals surface area contributed by atoms with Gasteiger partial charge < -0.3 is 4.57 Å². The molecule has 2 aromatic heterocycles. The fourth-order valence-corrected chi connectivity index (χ4v) is 9.20. The molecule has 63 heavy (non-hydrogen) atoms. The molecule has 0 saturated carbocycles. The summed E-state index contributed by atoms with van der Waals surface area (Å²) in [6, 6.07) is 79.2. The fraction of sp³-hybridized carbons (Fsp3) is 0. The van der Waals surface area contributed by atoms with Gasteiger partial charge in [0.15, 0.2) is 5.82 Å². The largest absolute Gasteiger partial charge is 0.308 e. The molecule has 12 aromatic rings. The van der Waals surface area contributed by atoms with E-state index in [1.54, 1.807) is 0 Å².